The normalized spacial score (nSPS) is 10.7. The van der Waals surface area contributed by atoms with Gasteiger partial charge in [0.15, 0.2) is 18.2 Å². The molecule has 0 aliphatic carbocycles. The van der Waals surface area contributed by atoms with Crippen molar-refractivity contribution in [3.63, 3.8) is 0 Å². The summed E-state index contributed by atoms with van der Waals surface area (Å²) in [5, 5.41) is 5.89. The Morgan fingerprint density at radius 1 is 1.40 bits per heavy atom. The number of amides is 1. The molecule has 0 heterocycles. The average molecular weight is 282 g/mol. The molecule has 0 aliphatic rings. The molecule has 5 heteroatoms. The zero-order chi connectivity index (χ0) is 15.0. The first-order valence-electron chi connectivity index (χ1n) is 6.94. The molecule has 20 heavy (non-hydrogen) atoms. The molecular weight excluding hydrogens is 259 g/mol. The standard InChI is InChI=1S/C15H23FN2O2/c1-4-8-17-14(19)10-20-15-12(9-18-11(2)3)6-5-7-13(15)16/h5-7,11,18H,4,8-10H2,1-3H3,(H,17,19). The van der Waals surface area contributed by atoms with Gasteiger partial charge >= 0.3 is 0 Å². The molecule has 1 aromatic carbocycles. The molecule has 1 aromatic rings. The molecular formula is C15H23FN2O2. The summed E-state index contributed by atoms with van der Waals surface area (Å²) < 4.78 is 19.1. The van der Waals surface area contributed by atoms with Crippen LogP contribution in [0.5, 0.6) is 5.75 Å². The van der Waals surface area contributed by atoms with E-state index in [0.717, 1.165) is 6.42 Å². The molecule has 0 saturated heterocycles. The molecule has 2 N–H and O–H groups in total. The van der Waals surface area contributed by atoms with Crippen LogP contribution < -0.4 is 15.4 Å². The Labute approximate surface area is 119 Å². The van der Waals surface area contributed by atoms with E-state index in [4.69, 9.17) is 4.74 Å². The lowest BCUT2D eigenvalue weighted by Crippen LogP contribution is -2.30. The zero-order valence-electron chi connectivity index (χ0n) is 12.3. The third-order valence-corrected chi connectivity index (χ3v) is 2.67. The molecule has 0 aliphatic heterocycles. The summed E-state index contributed by atoms with van der Waals surface area (Å²) in [5.41, 5.74) is 0.710. The van der Waals surface area contributed by atoms with Crippen molar-refractivity contribution in [1.82, 2.24) is 10.6 Å². The van der Waals surface area contributed by atoms with Crippen LogP contribution in [0.15, 0.2) is 18.2 Å². The fourth-order valence-electron chi connectivity index (χ4n) is 1.62. The van der Waals surface area contributed by atoms with E-state index in [1.165, 1.54) is 6.07 Å². The minimum atomic E-state index is -0.448. The van der Waals surface area contributed by atoms with Crippen LogP contribution in [0.3, 0.4) is 0 Å². The van der Waals surface area contributed by atoms with Crippen LogP contribution in [-0.4, -0.2) is 25.1 Å². The largest absolute Gasteiger partial charge is 0.480 e. The summed E-state index contributed by atoms with van der Waals surface area (Å²) in [5.74, 6) is -0.540. The number of carbonyl (C=O) groups excluding carboxylic acids is 1. The van der Waals surface area contributed by atoms with E-state index < -0.39 is 5.82 Å². The molecule has 4 nitrogen and oxygen atoms in total. The second-order valence-corrected chi connectivity index (χ2v) is 4.90. The molecule has 0 spiro atoms. The number of hydrogen-bond acceptors (Lipinski definition) is 3. The van der Waals surface area contributed by atoms with Crippen molar-refractivity contribution < 1.29 is 13.9 Å². The number of halogens is 1. The average Bonchev–Trinajstić information content (AvgIpc) is 2.41. The predicted molar refractivity (Wildman–Crippen MR) is 77.2 cm³/mol. The van der Waals surface area contributed by atoms with E-state index >= 15 is 0 Å². The lowest BCUT2D eigenvalue weighted by Gasteiger charge is -2.14. The lowest BCUT2D eigenvalue weighted by molar-refractivity contribution is -0.123. The topological polar surface area (TPSA) is 50.4 Å². The van der Waals surface area contributed by atoms with Gasteiger partial charge in [0, 0.05) is 24.7 Å². The molecule has 0 fully saturated rings. The monoisotopic (exact) mass is 282 g/mol. The molecule has 0 unspecified atom stereocenters. The Kier molecular flexibility index (Phi) is 7.01. The van der Waals surface area contributed by atoms with Gasteiger partial charge in [-0.2, -0.15) is 0 Å². The summed E-state index contributed by atoms with van der Waals surface area (Å²) in [4.78, 5) is 11.5. The number of hydrogen-bond donors (Lipinski definition) is 2. The highest BCUT2D eigenvalue weighted by Crippen LogP contribution is 2.22. The van der Waals surface area contributed by atoms with Gasteiger partial charge < -0.3 is 15.4 Å². The van der Waals surface area contributed by atoms with Crippen LogP contribution in [-0.2, 0) is 11.3 Å². The van der Waals surface area contributed by atoms with Gasteiger partial charge in [-0.1, -0.05) is 32.9 Å². The van der Waals surface area contributed by atoms with Gasteiger partial charge in [-0.05, 0) is 12.5 Å². The maximum absolute atomic E-state index is 13.8. The first kappa shape index (κ1) is 16.4. The van der Waals surface area contributed by atoms with E-state index in [2.05, 4.69) is 10.6 Å². The number of ether oxygens (including phenoxy) is 1. The van der Waals surface area contributed by atoms with Crippen molar-refractivity contribution in [2.24, 2.45) is 0 Å². The number of rotatable bonds is 8. The number of carbonyl (C=O) groups is 1. The van der Waals surface area contributed by atoms with Gasteiger partial charge in [-0.3, -0.25) is 4.79 Å². The molecule has 1 amide bonds. The molecule has 0 aromatic heterocycles. The first-order valence-corrected chi connectivity index (χ1v) is 6.94. The van der Waals surface area contributed by atoms with E-state index in [1.807, 2.05) is 20.8 Å². The van der Waals surface area contributed by atoms with Crippen molar-refractivity contribution in [1.29, 1.82) is 0 Å². The van der Waals surface area contributed by atoms with E-state index in [0.29, 0.717) is 24.7 Å². The Morgan fingerprint density at radius 3 is 2.80 bits per heavy atom. The molecule has 1 rings (SSSR count). The van der Waals surface area contributed by atoms with Gasteiger partial charge in [0.2, 0.25) is 0 Å². The van der Waals surface area contributed by atoms with Gasteiger partial charge in [-0.15, -0.1) is 0 Å². The minimum Gasteiger partial charge on any atom is -0.480 e. The van der Waals surface area contributed by atoms with E-state index in [1.54, 1.807) is 12.1 Å². The van der Waals surface area contributed by atoms with Gasteiger partial charge in [-0.25, -0.2) is 4.39 Å². The quantitative estimate of drug-likeness (QED) is 0.769. The second kappa shape index (κ2) is 8.53. The van der Waals surface area contributed by atoms with Crippen LogP contribution in [0.1, 0.15) is 32.8 Å². The maximum atomic E-state index is 13.8. The van der Waals surface area contributed by atoms with Crippen LogP contribution in [0, 0.1) is 5.82 Å². The summed E-state index contributed by atoms with van der Waals surface area (Å²) in [6, 6.07) is 5.05. The minimum absolute atomic E-state index is 0.146. The fraction of sp³-hybridized carbons (Fsp3) is 0.533. The lowest BCUT2D eigenvalue weighted by atomic mass is 10.2. The van der Waals surface area contributed by atoms with Crippen molar-refractivity contribution in [2.45, 2.75) is 39.8 Å². The summed E-state index contributed by atoms with van der Waals surface area (Å²) in [7, 11) is 0. The van der Waals surface area contributed by atoms with Gasteiger partial charge in [0.05, 0.1) is 0 Å². The van der Waals surface area contributed by atoms with Crippen LogP contribution in [0.2, 0.25) is 0 Å². The predicted octanol–water partition coefficient (Wildman–Crippen LogP) is 2.23. The fourth-order valence-corrected chi connectivity index (χ4v) is 1.62. The van der Waals surface area contributed by atoms with Crippen molar-refractivity contribution >= 4 is 5.91 Å². The number of benzene rings is 1. The van der Waals surface area contributed by atoms with Crippen molar-refractivity contribution in [3.8, 4) is 5.75 Å². The molecule has 0 radical (unpaired) electrons. The highest BCUT2D eigenvalue weighted by atomic mass is 19.1. The van der Waals surface area contributed by atoms with Gasteiger partial charge in [0.1, 0.15) is 0 Å². The number of para-hydroxylation sites is 1. The Balaban J connectivity index is 2.65. The van der Waals surface area contributed by atoms with Gasteiger partial charge in [0.25, 0.3) is 5.91 Å². The molecule has 0 bridgehead atoms. The summed E-state index contributed by atoms with van der Waals surface area (Å²) in [6.07, 6.45) is 0.856. The Hall–Kier alpha value is -1.62. The van der Waals surface area contributed by atoms with Crippen LogP contribution in [0.25, 0.3) is 0 Å². The second-order valence-electron chi connectivity index (χ2n) is 4.90. The van der Waals surface area contributed by atoms with Crippen molar-refractivity contribution in [3.05, 3.63) is 29.6 Å². The van der Waals surface area contributed by atoms with Crippen LogP contribution in [0.4, 0.5) is 4.39 Å². The van der Waals surface area contributed by atoms with Crippen LogP contribution >= 0.6 is 0 Å². The Morgan fingerprint density at radius 2 is 2.15 bits per heavy atom. The summed E-state index contributed by atoms with van der Waals surface area (Å²) >= 11 is 0. The third-order valence-electron chi connectivity index (χ3n) is 2.67. The zero-order valence-corrected chi connectivity index (χ0v) is 12.3. The van der Waals surface area contributed by atoms with E-state index in [-0.39, 0.29) is 18.3 Å². The van der Waals surface area contributed by atoms with Crippen molar-refractivity contribution in [2.75, 3.05) is 13.2 Å². The highest BCUT2D eigenvalue weighted by Gasteiger charge is 2.12. The third kappa shape index (κ3) is 5.57. The highest BCUT2D eigenvalue weighted by molar-refractivity contribution is 5.77. The first-order chi connectivity index (χ1) is 9.54. The Bertz CT molecular complexity index is 436. The smallest absolute Gasteiger partial charge is 0.257 e. The summed E-state index contributed by atoms with van der Waals surface area (Å²) in [6.45, 7) is 6.92. The molecule has 112 valence electrons. The molecule has 0 saturated carbocycles. The SMILES string of the molecule is CCCNC(=O)COc1c(F)cccc1CNC(C)C. The maximum Gasteiger partial charge on any atom is 0.257 e. The molecule has 0 atom stereocenters. The number of nitrogens with one attached hydrogen (secondary N) is 2. The van der Waals surface area contributed by atoms with E-state index in [9.17, 15) is 9.18 Å².